The number of benzene rings is 1. The fourth-order valence-corrected chi connectivity index (χ4v) is 7.88. The minimum atomic E-state index is -3.48. The van der Waals surface area contributed by atoms with Crippen molar-refractivity contribution in [2.45, 2.75) is 33.1 Å². The van der Waals surface area contributed by atoms with Crippen molar-refractivity contribution < 1.29 is 13.2 Å². The van der Waals surface area contributed by atoms with Crippen molar-refractivity contribution in [2.75, 3.05) is 36.8 Å². The zero-order valence-corrected chi connectivity index (χ0v) is 17.5. The number of Topliss-reactive ketones (excluding diaryl/α,β-unsaturated/α-hetero) is 1. The van der Waals surface area contributed by atoms with Crippen molar-refractivity contribution in [3.63, 3.8) is 0 Å². The summed E-state index contributed by atoms with van der Waals surface area (Å²) in [6, 6.07) is 7.64. The standard InChI is InChI=1S/C20H27ClN2O3S/c1-19(2)15-7-8-20(19,18(24)13-15)14-27(25,26)23-11-9-22(10-12-23)17-6-4-3-5-16(17)21/h3-6,15H,7-14H2,1-2H3/t15-,20?/m0/s1. The summed E-state index contributed by atoms with van der Waals surface area (Å²) in [5.41, 5.74) is 0.0213. The van der Waals surface area contributed by atoms with E-state index in [1.807, 2.05) is 24.3 Å². The molecule has 2 bridgehead atoms. The lowest BCUT2D eigenvalue weighted by Gasteiger charge is -2.40. The summed E-state index contributed by atoms with van der Waals surface area (Å²) in [5, 5.41) is 0.683. The van der Waals surface area contributed by atoms with Crippen molar-refractivity contribution in [1.82, 2.24) is 4.31 Å². The fraction of sp³-hybridized carbons (Fsp3) is 0.650. The van der Waals surface area contributed by atoms with Crippen molar-refractivity contribution in [3.05, 3.63) is 29.3 Å². The molecule has 1 saturated heterocycles. The molecule has 0 radical (unpaired) electrons. The van der Waals surface area contributed by atoms with Crippen LogP contribution in [-0.2, 0) is 14.8 Å². The number of carbonyl (C=O) groups excluding carboxylic acids is 1. The van der Waals surface area contributed by atoms with E-state index in [2.05, 4.69) is 18.7 Å². The summed E-state index contributed by atoms with van der Waals surface area (Å²) in [6.45, 7) is 6.25. The second-order valence-corrected chi connectivity index (χ2v) is 11.1. The molecule has 1 aromatic carbocycles. The molecule has 0 amide bonds. The normalized spacial score (nSPS) is 30.9. The average molecular weight is 411 g/mol. The number of hydrogen-bond acceptors (Lipinski definition) is 4. The number of ketones is 1. The van der Waals surface area contributed by atoms with Crippen molar-refractivity contribution >= 4 is 33.1 Å². The topological polar surface area (TPSA) is 57.7 Å². The summed E-state index contributed by atoms with van der Waals surface area (Å²) in [6.07, 6.45) is 2.22. The van der Waals surface area contributed by atoms with Crippen LogP contribution < -0.4 is 4.90 Å². The molecular weight excluding hydrogens is 384 g/mol. The van der Waals surface area contributed by atoms with Gasteiger partial charge in [0.25, 0.3) is 0 Å². The van der Waals surface area contributed by atoms with Gasteiger partial charge in [0.15, 0.2) is 0 Å². The molecule has 1 aliphatic heterocycles. The van der Waals surface area contributed by atoms with Crippen LogP contribution in [0.1, 0.15) is 33.1 Å². The molecule has 2 saturated carbocycles. The quantitative estimate of drug-likeness (QED) is 0.764. The zero-order valence-electron chi connectivity index (χ0n) is 15.9. The van der Waals surface area contributed by atoms with Gasteiger partial charge in [0.05, 0.1) is 16.5 Å². The van der Waals surface area contributed by atoms with Gasteiger partial charge in [-0.1, -0.05) is 37.6 Å². The molecule has 148 valence electrons. The maximum Gasteiger partial charge on any atom is 0.215 e. The predicted molar refractivity (Wildman–Crippen MR) is 108 cm³/mol. The van der Waals surface area contributed by atoms with Crippen LogP contribution in [-0.4, -0.2) is 50.4 Å². The largest absolute Gasteiger partial charge is 0.368 e. The van der Waals surface area contributed by atoms with Gasteiger partial charge in [0, 0.05) is 38.0 Å². The van der Waals surface area contributed by atoms with Crippen LogP contribution in [0.25, 0.3) is 0 Å². The minimum absolute atomic E-state index is 0.0333. The highest BCUT2D eigenvalue weighted by atomic mass is 35.5. The molecule has 4 rings (SSSR count). The van der Waals surface area contributed by atoms with E-state index in [1.54, 1.807) is 4.31 Å². The van der Waals surface area contributed by atoms with Crippen LogP contribution in [0, 0.1) is 16.7 Å². The first kappa shape index (κ1) is 19.2. The Morgan fingerprint density at radius 2 is 1.81 bits per heavy atom. The molecule has 1 aromatic rings. The number of hydrogen-bond donors (Lipinski definition) is 0. The average Bonchev–Trinajstić information content (AvgIpc) is 2.96. The van der Waals surface area contributed by atoms with Crippen LogP contribution in [0.2, 0.25) is 5.02 Å². The van der Waals surface area contributed by atoms with Crippen LogP contribution in [0.5, 0.6) is 0 Å². The van der Waals surface area contributed by atoms with Gasteiger partial charge in [-0.25, -0.2) is 8.42 Å². The van der Waals surface area contributed by atoms with Gasteiger partial charge in [-0.05, 0) is 36.3 Å². The van der Waals surface area contributed by atoms with Crippen molar-refractivity contribution in [1.29, 1.82) is 0 Å². The number of rotatable bonds is 4. The molecule has 0 aromatic heterocycles. The monoisotopic (exact) mass is 410 g/mol. The van der Waals surface area contributed by atoms with Gasteiger partial charge in [-0.3, -0.25) is 4.79 Å². The van der Waals surface area contributed by atoms with Gasteiger partial charge in [0.1, 0.15) is 5.78 Å². The Balaban J connectivity index is 1.48. The maximum absolute atomic E-state index is 13.2. The van der Waals surface area contributed by atoms with E-state index in [9.17, 15) is 13.2 Å². The minimum Gasteiger partial charge on any atom is -0.368 e. The van der Waals surface area contributed by atoms with Crippen LogP contribution >= 0.6 is 11.6 Å². The molecule has 2 aliphatic carbocycles. The summed E-state index contributed by atoms with van der Waals surface area (Å²) in [4.78, 5) is 14.8. The van der Waals surface area contributed by atoms with Crippen molar-refractivity contribution in [3.8, 4) is 0 Å². The molecule has 5 nitrogen and oxygen atoms in total. The van der Waals surface area contributed by atoms with Crippen LogP contribution in [0.15, 0.2) is 24.3 Å². The third kappa shape index (κ3) is 2.91. The van der Waals surface area contributed by atoms with E-state index < -0.39 is 15.4 Å². The lowest BCUT2D eigenvalue weighted by atomic mass is 9.70. The molecule has 1 heterocycles. The first-order valence-corrected chi connectivity index (χ1v) is 11.7. The van der Waals surface area contributed by atoms with Crippen LogP contribution in [0.3, 0.4) is 0 Å². The summed E-state index contributed by atoms with van der Waals surface area (Å²) in [5.74, 6) is 0.452. The lowest BCUT2D eigenvalue weighted by Crippen LogP contribution is -2.52. The van der Waals surface area contributed by atoms with Gasteiger partial charge < -0.3 is 4.90 Å². The Labute approximate surface area is 166 Å². The van der Waals surface area contributed by atoms with Gasteiger partial charge in [-0.2, -0.15) is 4.31 Å². The Kier molecular flexibility index (Phi) is 4.60. The summed E-state index contributed by atoms with van der Waals surface area (Å²) in [7, 11) is -3.48. The van der Waals surface area contributed by atoms with E-state index in [0.29, 0.717) is 50.0 Å². The smallest absolute Gasteiger partial charge is 0.215 e. The lowest BCUT2D eigenvalue weighted by molar-refractivity contribution is -0.128. The van der Waals surface area contributed by atoms with E-state index in [4.69, 9.17) is 11.6 Å². The number of sulfonamides is 1. The molecule has 3 aliphatic rings. The summed E-state index contributed by atoms with van der Waals surface area (Å²) >= 11 is 6.28. The first-order valence-electron chi connectivity index (χ1n) is 9.68. The maximum atomic E-state index is 13.2. The third-order valence-electron chi connectivity index (χ3n) is 7.39. The predicted octanol–water partition coefficient (Wildman–Crippen LogP) is 3.19. The molecule has 0 N–H and O–H groups in total. The SMILES string of the molecule is CC1(C)[C@H]2CCC1(CS(=O)(=O)N1CCN(c3ccccc3Cl)CC1)C(=O)C2. The van der Waals surface area contributed by atoms with Crippen molar-refractivity contribution in [2.24, 2.45) is 16.7 Å². The first-order chi connectivity index (χ1) is 12.7. The number of nitrogens with zero attached hydrogens (tertiary/aromatic N) is 2. The van der Waals surface area contributed by atoms with Gasteiger partial charge >= 0.3 is 0 Å². The highest BCUT2D eigenvalue weighted by Crippen LogP contribution is 2.64. The molecule has 2 atom stereocenters. The molecular formula is C20H27ClN2O3S. The number of carbonyl (C=O) groups is 1. The highest BCUT2D eigenvalue weighted by Gasteiger charge is 2.65. The number of para-hydroxylation sites is 1. The van der Waals surface area contributed by atoms with E-state index in [1.165, 1.54) is 0 Å². The van der Waals surface area contributed by atoms with Gasteiger partial charge in [0.2, 0.25) is 10.0 Å². The van der Waals surface area contributed by atoms with Crippen LogP contribution in [0.4, 0.5) is 5.69 Å². The Bertz CT molecular complexity index is 862. The molecule has 3 fully saturated rings. The Morgan fingerprint density at radius 3 is 2.37 bits per heavy atom. The number of fused-ring (bicyclic) bond motifs is 2. The number of piperazine rings is 1. The van der Waals surface area contributed by atoms with Gasteiger partial charge in [-0.15, -0.1) is 0 Å². The fourth-order valence-electron chi connectivity index (χ4n) is 5.43. The number of halogens is 1. The van der Waals surface area contributed by atoms with E-state index in [0.717, 1.165) is 12.1 Å². The molecule has 1 unspecified atom stereocenters. The molecule has 7 heteroatoms. The Morgan fingerprint density at radius 1 is 1.15 bits per heavy atom. The second kappa shape index (κ2) is 6.46. The zero-order chi connectivity index (χ0) is 19.4. The Hall–Kier alpha value is -1.11. The molecule has 27 heavy (non-hydrogen) atoms. The van der Waals surface area contributed by atoms with E-state index in [-0.39, 0.29) is 17.0 Å². The second-order valence-electron chi connectivity index (χ2n) is 8.76. The summed E-state index contributed by atoms with van der Waals surface area (Å²) < 4.78 is 28.0. The third-order valence-corrected chi connectivity index (χ3v) is 9.72. The molecule has 0 spiro atoms. The van der Waals surface area contributed by atoms with E-state index >= 15 is 0 Å². The highest BCUT2D eigenvalue weighted by molar-refractivity contribution is 7.89. The number of anilines is 1.